The van der Waals surface area contributed by atoms with Crippen molar-refractivity contribution in [1.29, 1.82) is 0 Å². The largest absolute Gasteiger partial charge is 0.394 e. The van der Waals surface area contributed by atoms with E-state index in [0.717, 1.165) is 5.92 Å². The summed E-state index contributed by atoms with van der Waals surface area (Å²) in [4.78, 5) is 10.9. The number of rotatable bonds is 5. The number of carbonyl (C=O) groups is 1. The molecule has 0 aliphatic heterocycles. The van der Waals surface area contributed by atoms with Gasteiger partial charge in [-0.15, -0.1) is 0 Å². The van der Waals surface area contributed by atoms with Crippen LogP contribution < -0.4 is 5.32 Å². The van der Waals surface area contributed by atoms with Crippen LogP contribution in [-0.4, -0.2) is 36.9 Å². The molecule has 4 heteroatoms. The highest BCUT2D eigenvalue weighted by Gasteiger charge is 2.18. The smallest absolute Gasteiger partial charge is 0.246 e. The van der Waals surface area contributed by atoms with Gasteiger partial charge in [-0.25, -0.2) is 0 Å². The maximum absolute atomic E-state index is 10.9. The fraction of sp³-hybridized carbons (Fsp3) is 0.917. The van der Waals surface area contributed by atoms with Gasteiger partial charge in [0, 0.05) is 7.11 Å². The van der Waals surface area contributed by atoms with E-state index < -0.39 is 5.54 Å². The monoisotopic (exact) mass is 233 g/mol. The first-order chi connectivity index (χ1) is 7.29. The molecule has 0 aliphatic carbocycles. The van der Waals surface area contributed by atoms with E-state index in [-0.39, 0.29) is 19.1 Å². The molecular weight excluding hydrogens is 206 g/mol. The quantitative estimate of drug-likeness (QED) is 0.758. The number of amides is 1. The van der Waals surface area contributed by atoms with Gasteiger partial charge in [0.25, 0.3) is 0 Å². The standard InChI is InChI=1S/C7H15NO3.C5H12/c1-7(2,5-9)8-6(10)4-11-3;1-4-5(2)3/h9H,4-5H2,1-3H3,(H,8,10);5H,4H2,1-3H3. The fourth-order valence-corrected chi connectivity index (χ4v) is 0.584. The summed E-state index contributed by atoms with van der Waals surface area (Å²) in [6.45, 7) is 10.1. The molecular formula is C12H27NO3. The molecule has 0 aromatic rings. The van der Waals surface area contributed by atoms with Gasteiger partial charge >= 0.3 is 0 Å². The van der Waals surface area contributed by atoms with Crippen molar-refractivity contribution in [2.75, 3.05) is 20.3 Å². The van der Waals surface area contributed by atoms with E-state index in [1.165, 1.54) is 13.5 Å². The van der Waals surface area contributed by atoms with Gasteiger partial charge in [-0.05, 0) is 19.8 Å². The van der Waals surface area contributed by atoms with Crippen molar-refractivity contribution >= 4 is 5.91 Å². The molecule has 0 aromatic carbocycles. The Balaban J connectivity index is 0. The third-order valence-corrected chi connectivity index (χ3v) is 1.97. The SMILES string of the molecule is CCC(C)C.COCC(=O)NC(C)(C)CO. The van der Waals surface area contributed by atoms with Gasteiger partial charge in [-0.2, -0.15) is 0 Å². The molecule has 0 heterocycles. The highest BCUT2D eigenvalue weighted by molar-refractivity contribution is 5.77. The second kappa shape index (κ2) is 9.60. The molecule has 0 unspecified atom stereocenters. The Morgan fingerprint density at radius 2 is 1.88 bits per heavy atom. The van der Waals surface area contributed by atoms with Gasteiger partial charge in [0.1, 0.15) is 6.61 Å². The van der Waals surface area contributed by atoms with E-state index >= 15 is 0 Å². The molecule has 0 fully saturated rings. The van der Waals surface area contributed by atoms with Crippen molar-refractivity contribution in [3.63, 3.8) is 0 Å². The van der Waals surface area contributed by atoms with E-state index in [1.54, 1.807) is 13.8 Å². The summed E-state index contributed by atoms with van der Waals surface area (Å²) < 4.78 is 4.60. The van der Waals surface area contributed by atoms with Gasteiger partial charge in [-0.1, -0.05) is 27.2 Å². The molecule has 0 radical (unpaired) electrons. The number of aliphatic hydroxyl groups excluding tert-OH is 1. The summed E-state index contributed by atoms with van der Waals surface area (Å²) in [6, 6.07) is 0. The zero-order valence-corrected chi connectivity index (χ0v) is 11.5. The third kappa shape index (κ3) is 13.4. The van der Waals surface area contributed by atoms with Crippen LogP contribution in [0.3, 0.4) is 0 Å². The first-order valence-corrected chi connectivity index (χ1v) is 5.69. The zero-order chi connectivity index (χ0) is 13.2. The summed E-state index contributed by atoms with van der Waals surface area (Å²) in [7, 11) is 1.45. The number of hydrogen-bond acceptors (Lipinski definition) is 3. The van der Waals surface area contributed by atoms with Crippen molar-refractivity contribution in [1.82, 2.24) is 5.32 Å². The van der Waals surface area contributed by atoms with Gasteiger partial charge in [0.05, 0.1) is 12.1 Å². The minimum absolute atomic E-state index is 0.0312. The molecule has 98 valence electrons. The van der Waals surface area contributed by atoms with Crippen LogP contribution in [0.1, 0.15) is 41.0 Å². The van der Waals surface area contributed by atoms with E-state index in [0.29, 0.717) is 0 Å². The van der Waals surface area contributed by atoms with Crippen molar-refractivity contribution in [2.24, 2.45) is 5.92 Å². The van der Waals surface area contributed by atoms with E-state index in [2.05, 4.69) is 30.8 Å². The first-order valence-electron chi connectivity index (χ1n) is 5.69. The molecule has 0 aromatic heterocycles. The van der Waals surface area contributed by atoms with Gasteiger partial charge in [-0.3, -0.25) is 4.79 Å². The van der Waals surface area contributed by atoms with Crippen molar-refractivity contribution in [2.45, 2.75) is 46.6 Å². The van der Waals surface area contributed by atoms with Gasteiger partial charge < -0.3 is 15.2 Å². The number of aliphatic hydroxyl groups is 1. The van der Waals surface area contributed by atoms with Crippen LogP contribution in [0.15, 0.2) is 0 Å². The van der Waals surface area contributed by atoms with Gasteiger partial charge in [0.2, 0.25) is 5.91 Å². The maximum atomic E-state index is 10.9. The summed E-state index contributed by atoms with van der Waals surface area (Å²) in [6.07, 6.45) is 1.31. The summed E-state index contributed by atoms with van der Waals surface area (Å²) >= 11 is 0. The van der Waals surface area contributed by atoms with E-state index in [1.807, 2.05) is 0 Å². The molecule has 0 spiro atoms. The molecule has 0 rings (SSSR count). The third-order valence-electron chi connectivity index (χ3n) is 1.97. The molecule has 0 saturated carbocycles. The predicted octanol–water partition coefficient (Wildman–Crippen LogP) is 1.57. The van der Waals surface area contributed by atoms with Crippen LogP contribution in [0.4, 0.5) is 0 Å². The zero-order valence-electron chi connectivity index (χ0n) is 11.5. The molecule has 0 aliphatic rings. The Morgan fingerprint density at radius 1 is 1.44 bits per heavy atom. The molecule has 0 bridgehead atoms. The average Bonchev–Trinajstić information content (AvgIpc) is 2.18. The fourth-order valence-electron chi connectivity index (χ4n) is 0.584. The van der Waals surface area contributed by atoms with Crippen LogP contribution in [0, 0.1) is 5.92 Å². The maximum Gasteiger partial charge on any atom is 0.246 e. The number of ether oxygens (including phenoxy) is 1. The second-order valence-corrected chi connectivity index (χ2v) is 4.83. The second-order valence-electron chi connectivity index (χ2n) is 4.83. The molecule has 0 saturated heterocycles. The molecule has 16 heavy (non-hydrogen) atoms. The van der Waals surface area contributed by atoms with Crippen LogP contribution in [0.5, 0.6) is 0 Å². The van der Waals surface area contributed by atoms with Gasteiger partial charge in [0.15, 0.2) is 0 Å². The van der Waals surface area contributed by atoms with Crippen molar-refractivity contribution < 1.29 is 14.6 Å². The summed E-state index contributed by atoms with van der Waals surface area (Å²) in [5.74, 6) is 0.668. The van der Waals surface area contributed by atoms with Crippen LogP contribution >= 0.6 is 0 Å². The Hall–Kier alpha value is -0.610. The Labute approximate surface area is 99.4 Å². The van der Waals surface area contributed by atoms with Crippen LogP contribution in [0.25, 0.3) is 0 Å². The van der Waals surface area contributed by atoms with E-state index in [4.69, 9.17) is 5.11 Å². The van der Waals surface area contributed by atoms with Crippen LogP contribution in [0.2, 0.25) is 0 Å². The highest BCUT2D eigenvalue weighted by Crippen LogP contribution is 1.98. The Morgan fingerprint density at radius 3 is 2.12 bits per heavy atom. The highest BCUT2D eigenvalue weighted by atomic mass is 16.5. The number of methoxy groups -OCH3 is 1. The number of hydrogen-bond donors (Lipinski definition) is 2. The van der Waals surface area contributed by atoms with E-state index in [9.17, 15) is 4.79 Å². The molecule has 2 N–H and O–H groups in total. The number of nitrogens with one attached hydrogen (secondary N) is 1. The minimum Gasteiger partial charge on any atom is -0.394 e. The number of carbonyl (C=O) groups excluding carboxylic acids is 1. The first kappa shape index (κ1) is 17.8. The normalized spacial score (nSPS) is 10.8. The average molecular weight is 233 g/mol. The van der Waals surface area contributed by atoms with Crippen molar-refractivity contribution in [3.05, 3.63) is 0 Å². The summed E-state index contributed by atoms with van der Waals surface area (Å²) in [5, 5.41) is 11.3. The predicted molar refractivity (Wildman–Crippen MR) is 66.3 cm³/mol. The molecule has 1 amide bonds. The lowest BCUT2D eigenvalue weighted by molar-refractivity contribution is -0.126. The molecule has 4 nitrogen and oxygen atoms in total. The lowest BCUT2D eigenvalue weighted by atomic mass is 10.1. The van der Waals surface area contributed by atoms with Crippen LogP contribution in [-0.2, 0) is 9.53 Å². The lowest BCUT2D eigenvalue weighted by Gasteiger charge is -2.22. The lowest BCUT2D eigenvalue weighted by Crippen LogP contribution is -2.47. The topological polar surface area (TPSA) is 58.6 Å². The minimum atomic E-state index is -0.560. The molecule has 0 atom stereocenters. The Kier molecular flexibility index (Phi) is 10.7. The van der Waals surface area contributed by atoms with Crippen molar-refractivity contribution in [3.8, 4) is 0 Å². The Bertz CT molecular complexity index is 179. The summed E-state index contributed by atoms with van der Waals surface area (Å²) in [5.41, 5.74) is -0.560.